The molecule has 0 aromatic heterocycles. The minimum Gasteiger partial charge on any atom is -0.484 e. The van der Waals surface area contributed by atoms with E-state index in [1.807, 2.05) is 30.3 Å². The molecule has 0 bridgehead atoms. The Bertz CT molecular complexity index is 757. The monoisotopic (exact) mass is 390 g/mol. The Kier molecular flexibility index (Phi) is 5.35. The van der Waals surface area contributed by atoms with Gasteiger partial charge in [-0.15, -0.1) is 0 Å². The molecule has 1 aliphatic carbocycles. The van der Waals surface area contributed by atoms with Crippen LogP contribution in [0.25, 0.3) is 10.8 Å². The number of amides is 3. The second-order valence-electron chi connectivity index (χ2n) is 5.94. The van der Waals surface area contributed by atoms with Crippen molar-refractivity contribution in [3.8, 4) is 5.75 Å². The summed E-state index contributed by atoms with van der Waals surface area (Å²) in [6.45, 7) is -0.194. The second kappa shape index (κ2) is 7.66. The lowest BCUT2D eigenvalue weighted by molar-refractivity contribution is -0.122. The average Bonchev–Trinajstić information content (AvgIpc) is 3.05. The van der Waals surface area contributed by atoms with Gasteiger partial charge in [0.1, 0.15) is 5.75 Å². The number of hydrogen-bond acceptors (Lipinski definition) is 3. The maximum Gasteiger partial charge on any atom is 0.321 e. The van der Waals surface area contributed by atoms with Gasteiger partial charge in [-0.3, -0.25) is 10.1 Å². The van der Waals surface area contributed by atoms with Crippen molar-refractivity contribution in [1.29, 1.82) is 0 Å². The molecule has 1 fully saturated rings. The number of ether oxygens (including phenoxy) is 1. The van der Waals surface area contributed by atoms with Crippen molar-refractivity contribution in [2.75, 3.05) is 6.61 Å². The molecule has 6 heteroatoms. The van der Waals surface area contributed by atoms with Crippen LogP contribution in [-0.4, -0.2) is 24.6 Å². The largest absolute Gasteiger partial charge is 0.484 e. The number of carbonyl (C=O) groups is 2. The maximum absolute atomic E-state index is 11.8. The lowest BCUT2D eigenvalue weighted by atomic mass is 10.1. The van der Waals surface area contributed by atoms with Crippen molar-refractivity contribution in [2.24, 2.45) is 0 Å². The standard InChI is InChI=1S/C18H19BrN2O3/c19-14-7-5-13-10-16(8-6-12(13)9-14)24-11-17(22)21-18(23)20-15-3-1-2-4-15/h5-10,15H,1-4,11H2,(H2,20,21,22,23). The van der Waals surface area contributed by atoms with Gasteiger partial charge in [0.15, 0.2) is 6.61 Å². The van der Waals surface area contributed by atoms with Crippen LogP contribution in [0.15, 0.2) is 40.9 Å². The molecule has 0 aliphatic heterocycles. The fourth-order valence-corrected chi connectivity index (χ4v) is 3.27. The van der Waals surface area contributed by atoms with E-state index in [0.717, 1.165) is 40.9 Å². The van der Waals surface area contributed by atoms with Gasteiger partial charge < -0.3 is 10.1 Å². The summed E-state index contributed by atoms with van der Waals surface area (Å²) < 4.78 is 6.48. The number of fused-ring (bicyclic) bond motifs is 1. The summed E-state index contributed by atoms with van der Waals surface area (Å²) in [4.78, 5) is 23.5. The van der Waals surface area contributed by atoms with Crippen LogP contribution in [0.2, 0.25) is 0 Å². The number of rotatable bonds is 4. The van der Waals surface area contributed by atoms with Crippen molar-refractivity contribution in [2.45, 2.75) is 31.7 Å². The Balaban J connectivity index is 1.50. The number of carbonyl (C=O) groups excluding carboxylic acids is 2. The summed E-state index contributed by atoms with van der Waals surface area (Å²) in [6, 6.07) is 11.3. The van der Waals surface area contributed by atoms with Crippen molar-refractivity contribution in [3.63, 3.8) is 0 Å². The zero-order valence-corrected chi connectivity index (χ0v) is 14.8. The third-order valence-corrected chi connectivity index (χ3v) is 4.58. The van der Waals surface area contributed by atoms with E-state index in [4.69, 9.17) is 4.74 Å². The Labute approximate surface area is 148 Å². The van der Waals surface area contributed by atoms with E-state index < -0.39 is 11.9 Å². The Morgan fingerprint density at radius 1 is 1.08 bits per heavy atom. The van der Waals surface area contributed by atoms with Crippen molar-refractivity contribution < 1.29 is 14.3 Å². The van der Waals surface area contributed by atoms with Crippen LogP contribution in [0.3, 0.4) is 0 Å². The molecule has 2 aromatic carbocycles. The van der Waals surface area contributed by atoms with Crippen LogP contribution >= 0.6 is 15.9 Å². The van der Waals surface area contributed by atoms with Gasteiger partial charge in [-0.1, -0.05) is 40.9 Å². The fraction of sp³-hybridized carbons (Fsp3) is 0.333. The SMILES string of the molecule is O=C(COc1ccc2cc(Br)ccc2c1)NC(=O)NC1CCCC1. The normalized spacial score (nSPS) is 14.5. The first-order valence-electron chi connectivity index (χ1n) is 8.02. The number of hydrogen-bond donors (Lipinski definition) is 2. The van der Waals surface area contributed by atoms with E-state index in [0.29, 0.717) is 5.75 Å². The summed E-state index contributed by atoms with van der Waals surface area (Å²) >= 11 is 3.43. The van der Waals surface area contributed by atoms with Crippen molar-refractivity contribution >= 4 is 38.6 Å². The van der Waals surface area contributed by atoms with Gasteiger partial charge in [-0.25, -0.2) is 4.79 Å². The number of nitrogens with one attached hydrogen (secondary N) is 2. The maximum atomic E-state index is 11.8. The van der Waals surface area contributed by atoms with Crippen LogP contribution < -0.4 is 15.4 Å². The van der Waals surface area contributed by atoms with Crippen molar-refractivity contribution in [3.05, 3.63) is 40.9 Å². The molecule has 1 aliphatic rings. The lowest BCUT2D eigenvalue weighted by Crippen LogP contribution is -2.45. The first-order chi connectivity index (χ1) is 11.6. The highest BCUT2D eigenvalue weighted by Crippen LogP contribution is 2.24. The third kappa shape index (κ3) is 4.47. The first kappa shape index (κ1) is 16.8. The number of urea groups is 1. The van der Waals surface area contributed by atoms with E-state index in [1.54, 1.807) is 6.07 Å². The molecule has 24 heavy (non-hydrogen) atoms. The molecule has 0 heterocycles. The number of imide groups is 1. The number of benzene rings is 2. The smallest absolute Gasteiger partial charge is 0.321 e. The van der Waals surface area contributed by atoms with Gasteiger partial charge in [-0.2, -0.15) is 0 Å². The summed E-state index contributed by atoms with van der Waals surface area (Å²) in [5.41, 5.74) is 0. The fourth-order valence-electron chi connectivity index (χ4n) is 2.89. The van der Waals surface area contributed by atoms with Gasteiger partial charge in [0.2, 0.25) is 0 Å². The summed E-state index contributed by atoms with van der Waals surface area (Å²) in [5, 5.41) is 7.21. The van der Waals surface area contributed by atoms with Crippen LogP contribution in [-0.2, 0) is 4.79 Å². The topological polar surface area (TPSA) is 67.4 Å². The molecule has 2 aromatic rings. The lowest BCUT2D eigenvalue weighted by Gasteiger charge is -2.12. The molecule has 3 rings (SSSR count). The number of halogens is 1. The molecule has 0 spiro atoms. The summed E-state index contributed by atoms with van der Waals surface area (Å²) in [5.74, 6) is 0.137. The molecule has 3 amide bonds. The Morgan fingerprint density at radius 2 is 1.79 bits per heavy atom. The van der Waals surface area contributed by atoms with Crippen LogP contribution in [0, 0.1) is 0 Å². The van der Waals surface area contributed by atoms with Crippen LogP contribution in [0.4, 0.5) is 4.79 Å². The molecule has 2 N–H and O–H groups in total. The van der Waals surface area contributed by atoms with Crippen molar-refractivity contribution in [1.82, 2.24) is 10.6 Å². The highest BCUT2D eigenvalue weighted by atomic mass is 79.9. The van der Waals surface area contributed by atoms with E-state index in [2.05, 4.69) is 26.6 Å². The molecule has 5 nitrogen and oxygen atoms in total. The zero-order chi connectivity index (χ0) is 16.9. The minimum absolute atomic E-state index is 0.179. The second-order valence-corrected chi connectivity index (χ2v) is 6.86. The van der Waals surface area contributed by atoms with Gasteiger partial charge in [-0.05, 0) is 47.9 Å². The molecule has 0 radical (unpaired) electrons. The average molecular weight is 391 g/mol. The highest BCUT2D eigenvalue weighted by Gasteiger charge is 2.18. The van der Waals surface area contributed by atoms with E-state index in [-0.39, 0.29) is 12.6 Å². The predicted molar refractivity (Wildman–Crippen MR) is 96.1 cm³/mol. The zero-order valence-electron chi connectivity index (χ0n) is 13.2. The summed E-state index contributed by atoms with van der Waals surface area (Å²) in [7, 11) is 0. The molecule has 0 atom stereocenters. The molecular weight excluding hydrogens is 372 g/mol. The molecule has 126 valence electrons. The quantitative estimate of drug-likeness (QED) is 0.834. The third-order valence-electron chi connectivity index (χ3n) is 4.09. The molecule has 1 saturated carbocycles. The van der Waals surface area contributed by atoms with E-state index >= 15 is 0 Å². The first-order valence-corrected chi connectivity index (χ1v) is 8.82. The van der Waals surface area contributed by atoms with Crippen LogP contribution in [0.1, 0.15) is 25.7 Å². The molecular formula is C18H19BrN2O3. The Hall–Kier alpha value is -2.08. The predicted octanol–water partition coefficient (Wildman–Crippen LogP) is 3.75. The van der Waals surface area contributed by atoms with Gasteiger partial charge in [0.25, 0.3) is 5.91 Å². The molecule has 0 saturated heterocycles. The van der Waals surface area contributed by atoms with Crippen LogP contribution in [0.5, 0.6) is 5.75 Å². The minimum atomic E-state index is -0.457. The van der Waals surface area contributed by atoms with E-state index in [9.17, 15) is 9.59 Å². The highest BCUT2D eigenvalue weighted by molar-refractivity contribution is 9.10. The summed E-state index contributed by atoms with van der Waals surface area (Å²) in [6.07, 6.45) is 4.21. The molecule has 0 unspecified atom stereocenters. The Morgan fingerprint density at radius 3 is 2.58 bits per heavy atom. The van der Waals surface area contributed by atoms with E-state index in [1.165, 1.54) is 0 Å². The van der Waals surface area contributed by atoms with Gasteiger partial charge in [0.05, 0.1) is 0 Å². The van der Waals surface area contributed by atoms with Gasteiger partial charge >= 0.3 is 6.03 Å². The van der Waals surface area contributed by atoms with Gasteiger partial charge in [0, 0.05) is 10.5 Å².